The van der Waals surface area contributed by atoms with Crippen LogP contribution in [0.4, 0.5) is 10.1 Å². The van der Waals surface area contributed by atoms with Crippen LogP contribution in [0.3, 0.4) is 0 Å². The van der Waals surface area contributed by atoms with Gasteiger partial charge in [0, 0.05) is 11.6 Å². The summed E-state index contributed by atoms with van der Waals surface area (Å²) in [5.74, 6) is 0.628. The van der Waals surface area contributed by atoms with E-state index >= 15 is 0 Å². The Bertz CT molecular complexity index is 702. The van der Waals surface area contributed by atoms with Crippen molar-refractivity contribution in [3.63, 3.8) is 0 Å². The van der Waals surface area contributed by atoms with Crippen LogP contribution in [0.25, 0.3) is 0 Å². The Kier molecular flexibility index (Phi) is 3.35. The van der Waals surface area contributed by atoms with Gasteiger partial charge in [-0.05, 0) is 30.3 Å². The molecule has 2 aromatic carbocycles. The van der Waals surface area contributed by atoms with Crippen molar-refractivity contribution in [2.45, 2.75) is 0 Å². The molecule has 0 unspecified atom stereocenters. The van der Waals surface area contributed by atoms with Crippen LogP contribution >= 0.6 is 0 Å². The van der Waals surface area contributed by atoms with Crippen LogP contribution in [-0.4, -0.2) is 19.8 Å². The smallest absolute Gasteiger partial charge is 0.255 e. The fourth-order valence-corrected chi connectivity index (χ4v) is 2.01. The molecule has 0 saturated carbocycles. The zero-order valence-electron chi connectivity index (χ0n) is 11.2. The van der Waals surface area contributed by atoms with Crippen molar-refractivity contribution in [1.29, 1.82) is 0 Å². The number of hydrogen-bond acceptors (Lipinski definition) is 4. The van der Waals surface area contributed by atoms with Crippen molar-refractivity contribution in [3.8, 4) is 17.2 Å². The van der Waals surface area contributed by atoms with Crippen molar-refractivity contribution in [2.75, 3.05) is 19.2 Å². The molecule has 21 heavy (non-hydrogen) atoms. The molecule has 3 rings (SSSR count). The molecule has 0 aromatic heterocycles. The highest BCUT2D eigenvalue weighted by Crippen LogP contribution is 2.33. The molecule has 1 aliphatic rings. The highest BCUT2D eigenvalue weighted by molar-refractivity contribution is 6.05. The Hall–Kier alpha value is -2.76. The second-order valence-electron chi connectivity index (χ2n) is 4.37. The number of nitrogens with one attached hydrogen (secondary N) is 1. The van der Waals surface area contributed by atoms with Crippen molar-refractivity contribution in [3.05, 3.63) is 47.8 Å². The number of amides is 1. The van der Waals surface area contributed by atoms with Crippen LogP contribution in [0.5, 0.6) is 17.2 Å². The monoisotopic (exact) mass is 289 g/mol. The summed E-state index contributed by atoms with van der Waals surface area (Å²) in [5.41, 5.74) is 0.644. The first-order valence-corrected chi connectivity index (χ1v) is 6.22. The molecule has 0 spiro atoms. The van der Waals surface area contributed by atoms with E-state index in [2.05, 4.69) is 5.32 Å². The molecule has 2 aromatic rings. The minimum absolute atomic E-state index is 0.137. The van der Waals surface area contributed by atoms with Gasteiger partial charge in [-0.15, -0.1) is 0 Å². The topological polar surface area (TPSA) is 56.8 Å². The van der Waals surface area contributed by atoms with Crippen molar-refractivity contribution < 1.29 is 23.4 Å². The molecule has 0 saturated heterocycles. The average Bonchev–Trinajstić information content (AvgIpc) is 2.94. The van der Waals surface area contributed by atoms with Crippen molar-refractivity contribution in [2.24, 2.45) is 0 Å². The summed E-state index contributed by atoms with van der Waals surface area (Å²) < 4.78 is 28.8. The van der Waals surface area contributed by atoms with E-state index in [-0.39, 0.29) is 12.5 Å². The lowest BCUT2D eigenvalue weighted by atomic mass is 10.2. The van der Waals surface area contributed by atoms with Crippen molar-refractivity contribution >= 4 is 11.6 Å². The molecule has 5 nitrogen and oxygen atoms in total. The Morgan fingerprint density at radius 1 is 1.19 bits per heavy atom. The summed E-state index contributed by atoms with van der Waals surface area (Å²) in [4.78, 5) is 12.2. The number of methoxy groups -OCH3 is 1. The number of carbonyl (C=O) groups excluding carboxylic acids is 1. The molecule has 0 aliphatic carbocycles. The number of ether oxygens (including phenoxy) is 3. The van der Waals surface area contributed by atoms with Crippen LogP contribution < -0.4 is 19.5 Å². The third-order valence-electron chi connectivity index (χ3n) is 3.04. The third-order valence-corrected chi connectivity index (χ3v) is 3.04. The van der Waals surface area contributed by atoms with Gasteiger partial charge >= 0.3 is 0 Å². The maximum atomic E-state index is 13.3. The summed E-state index contributed by atoms with van der Waals surface area (Å²) in [5, 5.41) is 2.61. The number of anilines is 1. The number of carbonyl (C=O) groups is 1. The van der Waals surface area contributed by atoms with Gasteiger partial charge in [0.15, 0.2) is 11.5 Å². The first-order chi connectivity index (χ1) is 10.2. The first-order valence-electron chi connectivity index (χ1n) is 6.22. The lowest BCUT2D eigenvalue weighted by molar-refractivity contribution is 0.102. The van der Waals surface area contributed by atoms with Crippen LogP contribution in [0.1, 0.15) is 10.4 Å². The Labute approximate surface area is 120 Å². The number of halogens is 1. The van der Waals surface area contributed by atoms with Crippen LogP contribution in [0.2, 0.25) is 0 Å². The molecule has 1 amide bonds. The summed E-state index contributed by atoms with van der Waals surface area (Å²) in [6, 6.07) is 8.74. The van der Waals surface area contributed by atoms with E-state index in [0.29, 0.717) is 22.8 Å². The molecule has 0 atom stereocenters. The number of rotatable bonds is 3. The van der Waals surface area contributed by atoms with E-state index in [0.717, 1.165) is 0 Å². The zero-order chi connectivity index (χ0) is 14.8. The van der Waals surface area contributed by atoms with E-state index in [1.807, 2.05) is 0 Å². The fourth-order valence-electron chi connectivity index (χ4n) is 2.01. The quantitative estimate of drug-likeness (QED) is 0.944. The maximum Gasteiger partial charge on any atom is 0.255 e. The van der Waals surface area contributed by atoms with Gasteiger partial charge < -0.3 is 19.5 Å². The second kappa shape index (κ2) is 5.32. The van der Waals surface area contributed by atoms with E-state index in [1.54, 1.807) is 18.2 Å². The predicted molar refractivity (Wildman–Crippen MR) is 73.5 cm³/mol. The van der Waals surface area contributed by atoms with E-state index in [9.17, 15) is 9.18 Å². The summed E-state index contributed by atoms with van der Waals surface area (Å²) >= 11 is 0. The van der Waals surface area contributed by atoms with Gasteiger partial charge in [-0.1, -0.05) is 0 Å². The van der Waals surface area contributed by atoms with Gasteiger partial charge in [0.2, 0.25) is 6.79 Å². The van der Waals surface area contributed by atoms with Gasteiger partial charge in [0.25, 0.3) is 5.91 Å². The Morgan fingerprint density at radius 3 is 2.81 bits per heavy atom. The Balaban J connectivity index is 1.85. The molecule has 0 radical (unpaired) electrons. The average molecular weight is 289 g/mol. The molecule has 108 valence electrons. The lowest BCUT2D eigenvalue weighted by Crippen LogP contribution is -2.12. The highest BCUT2D eigenvalue weighted by atomic mass is 19.1. The standard InChI is InChI=1S/C15H12FNO4/c1-19-12-5-3-10(16)7-11(12)17-15(18)9-2-4-13-14(6-9)21-8-20-13/h2-7H,8H2,1H3,(H,17,18). The van der Waals surface area contributed by atoms with Gasteiger partial charge in [0.1, 0.15) is 11.6 Å². The van der Waals surface area contributed by atoms with Crippen LogP contribution in [0.15, 0.2) is 36.4 Å². The fraction of sp³-hybridized carbons (Fsp3) is 0.133. The molecule has 1 heterocycles. The summed E-state index contributed by atoms with van der Waals surface area (Å²) in [7, 11) is 1.45. The maximum absolute atomic E-state index is 13.3. The minimum Gasteiger partial charge on any atom is -0.495 e. The zero-order valence-corrected chi connectivity index (χ0v) is 11.2. The summed E-state index contributed by atoms with van der Waals surface area (Å²) in [6.45, 7) is 0.137. The molecule has 6 heteroatoms. The Morgan fingerprint density at radius 2 is 2.00 bits per heavy atom. The first kappa shape index (κ1) is 13.2. The normalized spacial score (nSPS) is 12.1. The highest BCUT2D eigenvalue weighted by Gasteiger charge is 2.17. The molecule has 1 aliphatic heterocycles. The summed E-state index contributed by atoms with van der Waals surface area (Å²) in [6.07, 6.45) is 0. The van der Waals surface area contributed by atoms with Gasteiger partial charge in [0.05, 0.1) is 12.8 Å². The second-order valence-corrected chi connectivity index (χ2v) is 4.37. The number of hydrogen-bond donors (Lipinski definition) is 1. The van der Waals surface area contributed by atoms with Crippen molar-refractivity contribution in [1.82, 2.24) is 0 Å². The van der Waals surface area contributed by atoms with Gasteiger partial charge in [-0.2, -0.15) is 0 Å². The third kappa shape index (κ3) is 2.60. The van der Waals surface area contributed by atoms with E-state index in [1.165, 1.54) is 25.3 Å². The molecular formula is C15H12FNO4. The molecule has 0 fully saturated rings. The molecule has 0 bridgehead atoms. The van der Waals surface area contributed by atoms with Gasteiger partial charge in [-0.25, -0.2) is 4.39 Å². The lowest BCUT2D eigenvalue weighted by Gasteiger charge is -2.10. The van der Waals surface area contributed by atoms with Gasteiger partial charge in [-0.3, -0.25) is 4.79 Å². The van der Waals surface area contributed by atoms with Crippen LogP contribution in [-0.2, 0) is 0 Å². The SMILES string of the molecule is COc1ccc(F)cc1NC(=O)c1ccc2c(c1)OCO2. The van der Waals surface area contributed by atoms with Crippen LogP contribution in [0, 0.1) is 5.82 Å². The van der Waals surface area contributed by atoms with E-state index in [4.69, 9.17) is 14.2 Å². The van der Waals surface area contributed by atoms with E-state index < -0.39 is 11.7 Å². The minimum atomic E-state index is -0.461. The largest absolute Gasteiger partial charge is 0.495 e. The predicted octanol–water partition coefficient (Wildman–Crippen LogP) is 2.82. The molecule has 1 N–H and O–H groups in total. The number of benzene rings is 2. The molecular weight excluding hydrogens is 277 g/mol. The number of fused-ring (bicyclic) bond motifs is 1.